The number of tetrazole rings is 1. The summed E-state index contributed by atoms with van der Waals surface area (Å²) in [4.78, 5) is 11.2. The van der Waals surface area contributed by atoms with Gasteiger partial charge in [-0.15, -0.1) is 0 Å². The second kappa shape index (κ2) is 3.83. The Balaban J connectivity index is 2.73. The van der Waals surface area contributed by atoms with Crippen molar-refractivity contribution in [3.8, 4) is 0 Å². The van der Waals surface area contributed by atoms with Crippen LogP contribution in [-0.4, -0.2) is 32.8 Å². The molecule has 1 heterocycles. The molecule has 0 aliphatic rings. The molecule has 13 heavy (non-hydrogen) atoms. The monoisotopic (exact) mass is 185 g/mol. The molecule has 7 heteroatoms. The molecule has 0 aromatic carbocycles. The Morgan fingerprint density at radius 1 is 1.77 bits per heavy atom. The molecular weight excluding hydrogens is 174 g/mol. The van der Waals surface area contributed by atoms with Crippen LogP contribution in [-0.2, 0) is 9.53 Å². The summed E-state index contributed by atoms with van der Waals surface area (Å²) in [6.45, 7) is 3.67. The molecule has 7 nitrogen and oxygen atoms in total. The average Bonchev–Trinajstić information content (AvgIpc) is 2.50. The van der Waals surface area contributed by atoms with Crippen molar-refractivity contribution >= 4 is 11.9 Å². The van der Waals surface area contributed by atoms with E-state index < -0.39 is 12.0 Å². The highest BCUT2D eigenvalue weighted by Gasteiger charge is 2.19. The quantitative estimate of drug-likeness (QED) is 0.630. The number of aromatic nitrogens is 4. The maximum Gasteiger partial charge on any atom is 0.330 e. The van der Waals surface area contributed by atoms with E-state index in [0.29, 0.717) is 6.61 Å². The Morgan fingerprint density at radius 2 is 2.46 bits per heavy atom. The van der Waals surface area contributed by atoms with Crippen LogP contribution < -0.4 is 5.73 Å². The van der Waals surface area contributed by atoms with Gasteiger partial charge in [0.05, 0.1) is 6.61 Å². The lowest BCUT2D eigenvalue weighted by atomic mass is 10.3. The molecule has 2 N–H and O–H groups in total. The SMILES string of the molecule is CCOC(=O)[C@H](C)n1nnnc1N. The van der Waals surface area contributed by atoms with E-state index in [1.165, 1.54) is 4.68 Å². The van der Waals surface area contributed by atoms with Crippen LogP contribution in [0.1, 0.15) is 19.9 Å². The number of hydrogen-bond acceptors (Lipinski definition) is 6. The smallest absolute Gasteiger partial charge is 0.330 e. The summed E-state index contributed by atoms with van der Waals surface area (Å²) in [6, 6.07) is -0.588. The number of esters is 1. The van der Waals surface area contributed by atoms with Gasteiger partial charge >= 0.3 is 5.97 Å². The van der Waals surface area contributed by atoms with Crippen molar-refractivity contribution in [2.45, 2.75) is 19.9 Å². The number of anilines is 1. The zero-order chi connectivity index (χ0) is 9.84. The maximum atomic E-state index is 11.2. The molecule has 1 rings (SSSR count). The van der Waals surface area contributed by atoms with Gasteiger partial charge < -0.3 is 10.5 Å². The molecule has 0 saturated heterocycles. The van der Waals surface area contributed by atoms with Crippen molar-refractivity contribution in [1.29, 1.82) is 0 Å². The topological polar surface area (TPSA) is 95.9 Å². The Labute approximate surface area is 74.9 Å². The van der Waals surface area contributed by atoms with Crippen molar-refractivity contribution in [1.82, 2.24) is 20.2 Å². The molecule has 0 spiro atoms. The number of carbonyl (C=O) groups is 1. The lowest BCUT2D eigenvalue weighted by molar-refractivity contribution is -0.146. The number of hydrogen-bond donors (Lipinski definition) is 1. The van der Waals surface area contributed by atoms with Crippen molar-refractivity contribution in [2.75, 3.05) is 12.3 Å². The van der Waals surface area contributed by atoms with E-state index in [1.54, 1.807) is 13.8 Å². The number of nitrogens with two attached hydrogens (primary N) is 1. The van der Waals surface area contributed by atoms with E-state index in [1.807, 2.05) is 0 Å². The maximum absolute atomic E-state index is 11.2. The van der Waals surface area contributed by atoms with Gasteiger partial charge in [0, 0.05) is 0 Å². The van der Waals surface area contributed by atoms with Crippen LogP contribution in [0.4, 0.5) is 5.95 Å². The highest BCUT2D eigenvalue weighted by atomic mass is 16.5. The Kier molecular flexibility index (Phi) is 2.78. The first-order valence-electron chi connectivity index (χ1n) is 3.86. The number of carbonyl (C=O) groups excluding carboxylic acids is 1. The Morgan fingerprint density at radius 3 is 2.92 bits per heavy atom. The lowest BCUT2D eigenvalue weighted by Gasteiger charge is -2.09. The molecular formula is C6H11N5O2. The Bertz CT molecular complexity index is 297. The largest absolute Gasteiger partial charge is 0.464 e. The molecule has 0 fully saturated rings. The third-order valence-corrected chi connectivity index (χ3v) is 1.51. The van der Waals surface area contributed by atoms with E-state index in [-0.39, 0.29) is 5.95 Å². The zero-order valence-corrected chi connectivity index (χ0v) is 7.47. The molecule has 0 aliphatic carbocycles. The zero-order valence-electron chi connectivity index (χ0n) is 7.47. The molecule has 0 amide bonds. The van der Waals surface area contributed by atoms with Crippen LogP contribution >= 0.6 is 0 Å². The van der Waals surface area contributed by atoms with Gasteiger partial charge in [-0.3, -0.25) is 0 Å². The molecule has 1 aromatic heterocycles. The number of rotatable bonds is 3. The van der Waals surface area contributed by atoms with Gasteiger partial charge in [0.15, 0.2) is 6.04 Å². The first-order valence-corrected chi connectivity index (χ1v) is 3.86. The molecule has 0 bridgehead atoms. The minimum atomic E-state index is -0.588. The first-order chi connectivity index (χ1) is 6.16. The lowest BCUT2D eigenvalue weighted by Crippen LogP contribution is -2.21. The van der Waals surface area contributed by atoms with E-state index in [0.717, 1.165) is 0 Å². The van der Waals surface area contributed by atoms with Crippen molar-refractivity contribution in [3.05, 3.63) is 0 Å². The van der Waals surface area contributed by atoms with Crippen LogP contribution in [0.15, 0.2) is 0 Å². The number of nitrogens with zero attached hydrogens (tertiary/aromatic N) is 4. The predicted molar refractivity (Wildman–Crippen MR) is 43.6 cm³/mol. The first kappa shape index (κ1) is 9.43. The summed E-state index contributed by atoms with van der Waals surface area (Å²) in [5.41, 5.74) is 5.39. The fraction of sp³-hybridized carbons (Fsp3) is 0.667. The summed E-state index contributed by atoms with van der Waals surface area (Å²) in [7, 11) is 0. The van der Waals surface area contributed by atoms with Crippen LogP contribution in [0.3, 0.4) is 0 Å². The fourth-order valence-electron chi connectivity index (χ4n) is 0.839. The summed E-state index contributed by atoms with van der Waals surface area (Å²) in [5.74, 6) is -0.304. The van der Waals surface area contributed by atoms with Gasteiger partial charge in [0.2, 0.25) is 5.95 Å². The van der Waals surface area contributed by atoms with Gasteiger partial charge in [-0.05, 0) is 24.3 Å². The third kappa shape index (κ3) is 1.92. The molecule has 1 atom stereocenters. The fourth-order valence-corrected chi connectivity index (χ4v) is 0.839. The van der Waals surface area contributed by atoms with Crippen LogP contribution in [0.25, 0.3) is 0 Å². The number of ether oxygens (including phenoxy) is 1. The highest BCUT2D eigenvalue weighted by Crippen LogP contribution is 2.08. The van der Waals surface area contributed by atoms with Gasteiger partial charge in [-0.1, -0.05) is 5.10 Å². The van der Waals surface area contributed by atoms with Crippen molar-refractivity contribution < 1.29 is 9.53 Å². The van der Waals surface area contributed by atoms with E-state index >= 15 is 0 Å². The molecule has 0 saturated carbocycles. The summed E-state index contributed by atoms with van der Waals surface area (Å²) in [5, 5.41) is 10.3. The van der Waals surface area contributed by atoms with Gasteiger partial charge in [-0.25, -0.2) is 4.79 Å². The van der Waals surface area contributed by atoms with Crippen LogP contribution in [0, 0.1) is 0 Å². The van der Waals surface area contributed by atoms with Crippen molar-refractivity contribution in [3.63, 3.8) is 0 Å². The molecule has 1 aromatic rings. The summed E-state index contributed by atoms with van der Waals surface area (Å²) >= 11 is 0. The van der Waals surface area contributed by atoms with E-state index in [4.69, 9.17) is 10.5 Å². The Hall–Kier alpha value is -1.66. The van der Waals surface area contributed by atoms with Crippen LogP contribution in [0.5, 0.6) is 0 Å². The van der Waals surface area contributed by atoms with Gasteiger partial charge in [-0.2, -0.15) is 4.68 Å². The van der Waals surface area contributed by atoms with Gasteiger partial charge in [0.25, 0.3) is 0 Å². The highest BCUT2D eigenvalue weighted by molar-refractivity contribution is 5.73. The minimum absolute atomic E-state index is 0.0977. The predicted octanol–water partition coefficient (Wildman–Crippen LogP) is -0.621. The van der Waals surface area contributed by atoms with Gasteiger partial charge in [0.1, 0.15) is 0 Å². The summed E-state index contributed by atoms with van der Waals surface area (Å²) < 4.78 is 5.98. The molecule has 72 valence electrons. The van der Waals surface area contributed by atoms with Crippen LogP contribution in [0.2, 0.25) is 0 Å². The second-order valence-electron chi connectivity index (χ2n) is 2.41. The van der Waals surface area contributed by atoms with E-state index in [9.17, 15) is 4.79 Å². The molecule has 0 radical (unpaired) electrons. The molecule has 0 aliphatic heterocycles. The molecule has 0 unspecified atom stereocenters. The standard InChI is InChI=1S/C6H11N5O2/c1-3-13-5(12)4(2)11-6(7)8-9-10-11/h4H,3H2,1-2H3,(H2,7,8,10)/t4-/m0/s1. The summed E-state index contributed by atoms with van der Waals surface area (Å²) in [6.07, 6.45) is 0. The second-order valence-corrected chi connectivity index (χ2v) is 2.41. The third-order valence-electron chi connectivity index (χ3n) is 1.51. The van der Waals surface area contributed by atoms with Crippen molar-refractivity contribution in [2.24, 2.45) is 0 Å². The normalized spacial score (nSPS) is 12.5. The average molecular weight is 185 g/mol. The minimum Gasteiger partial charge on any atom is -0.464 e. The number of nitrogen functional groups attached to an aromatic ring is 1. The van der Waals surface area contributed by atoms with E-state index in [2.05, 4.69) is 15.5 Å².